The van der Waals surface area contributed by atoms with Crippen molar-refractivity contribution in [3.8, 4) is 45.3 Å². The van der Waals surface area contributed by atoms with E-state index in [-0.39, 0.29) is 50.0 Å². The van der Waals surface area contributed by atoms with Crippen LogP contribution in [0.3, 0.4) is 0 Å². The van der Waals surface area contributed by atoms with Crippen LogP contribution in [-0.4, -0.2) is 0 Å². The first-order valence-electron chi connectivity index (χ1n) is 37.2. The van der Waals surface area contributed by atoms with E-state index >= 15 is 0 Å². The van der Waals surface area contributed by atoms with Gasteiger partial charge in [0.15, 0.2) is 0 Å². The largest absolute Gasteiger partial charge is 0.457 e. The maximum absolute atomic E-state index is 5.73. The molecular formula is C104H146O2. The van der Waals surface area contributed by atoms with Crippen LogP contribution < -0.4 is 9.47 Å². The van der Waals surface area contributed by atoms with Gasteiger partial charge in [0.05, 0.1) is 5.41 Å². The molecule has 1 aliphatic rings. The lowest BCUT2D eigenvalue weighted by atomic mass is 9.68. The second-order valence-corrected chi connectivity index (χ2v) is 19.1. The number of hydrogen-bond acceptors (Lipinski definition) is 2. The van der Waals surface area contributed by atoms with Crippen LogP contribution in [-0.2, 0) is 11.8 Å². The number of benzene rings is 13. The van der Waals surface area contributed by atoms with E-state index in [1.807, 2.05) is 236 Å². The molecule has 0 N–H and O–H groups in total. The Kier molecular flexibility index (Phi) is 75.2. The molecule has 0 bridgehead atoms. The zero-order valence-electron chi connectivity index (χ0n) is 64.7. The fourth-order valence-electron chi connectivity index (χ4n) is 10.0. The smallest absolute Gasteiger partial charge is 0.127 e. The van der Waals surface area contributed by atoms with Crippen LogP contribution in [0.25, 0.3) is 33.0 Å². The van der Waals surface area contributed by atoms with Gasteiger partial charge >= 0.3 is 0 Å². The molecule has 574 valence electrons. The zero-order chi connectivity index (χ0) is 74.3. The molecule has 14 rings (SSSR count). The SMILES string of the molecule is C.C.C.C.C.C.CC.CC.CC.CC.CC.CC.CC.CC.CC.CC.c1ccc(-c2ccccc2)cc1.c1ccc(C2(c3ccccc3)c3ccccc3-c3ccccc32)cc1.c1ccc(Cc2ccccc2)cc1.c1ccc(Oc2ccc(Oc3ccccc3)cc2)cc1.c1ccc2ccccc2c1. The zero-order valence-corrected chi connectivity index (χ0v) is 64.7. The van der Waals surface area contributed by atoms with E-state index < -0.39 is 0 Å². The van der Waals surface area contributed by atoms with E-state index in [0.717, 1.165) is 29.4 Å². The van der Waals surface area contributed by atoms with Gasteiger partial charge in [-0.3, -0.25) is 0 Å². The Morgan fingerprint density at radius 1 is 0.189 bits per heavy atom. The normalized spacial score (nSPS) is 8.98. The molecule has 0 fully saturated rings. The van der Waals surface area contributed by atoms with Gasteiger partial charge in [0.1, 0.15) is 23.0 Å². The number of hydrogen-bond donors (Lipinski definition) is 0. The van der Waals surface area contributed by atoms with Crippen molar-refractivity contribution in [1.82, 2.24) is 0 Å². The summed E-state index contributed by atoms with van der Waals surface area (Å²) in [5.74, 6) is 3.22. The third kappa shape index (κ3) is 36.9. The predicted molar refractivity (Wildman–Crippen MR) is 489 cm³/mol. The van der Waals surface area contributed by atoms with E-state index in [2.05, 4.69) is 267 Å². The Bertz CT molecular complexity index is 3570. The number of ether oxygens (including phenoxy) is 2. The van der Waals surface area contributed by atoms with Gasteiger partial charge < -0.3 is 9.47 Å². The van der Waals surface area contributed by atoms with Gasteiger partial charge in [-0.2, -0.15) is 0 Å². The lowest BCUT2D eigenvalue weighted by Gasteiger charge is -2.33. The summed E-state index contributed by atoms with van der Waals surface area (Å²) in [5, 5.41) is 2.62. The maximum Gasteiger partial charge on any atom is 0.127 e. The average Bonchev–Trinajstić information content (AvgIpc) is 1.54. The average molecular weight is 1430 g/mol. The van der Waals surface area contributed by atoms with Gasteiger partial charge in [0.2, 0.25) is 0 Å². The summed E-state index contributed by atoms with van der Waals surface area (Å²) in [5.41, 5.74) is 13.1. The minimum atomic E-state index is -0.254. The highest BCUT2D eigenvalue weighted by molar-refractivity contribution is 5.86. The lowest BCUT2D eigenvalue weighted by Crippen LogP contribution is -2.28. The Labute approximate surface area is 653 Å². The molecule has 13 aromatic carbocycles. The van der Waals surface area contributed by atoms with E-state index in [9.17, 15) is 0 Å². The quantitative estimate of drug-likeness (QED) is 0.143. The molecule has 2 heteroatoms. The van der Waals surface area contributed by atoms with Gasteiger partial charge in [0.25, 0.3) is 0 Å². The van der Waals surface area contributed by atoms with Crippen LogP contribution >= 0.6 is 0 Å². The first kappa shape index (κ1) is 109. The predicted octanol–water partition coefficient (Wildman–Crippen LogP) is 34.9. The summed E-state index contributed by atoms with van der Waals surface area (Å²) >= 11 is 0. The van der Waals surface area contributed by atoms with Crippen LogP contribution in [0.5, 0.6) is 23.0 Å². The van der Waals surface area contributed by atoms with Gasteiger partial charge in [-0.1, -0.05) is 498 Å². The van der Waals surface area contributed by atoms with Crippen molar-refractivity contribution in [3.63, 3.8) is 0 Å². The molecule has 106 heavy (non-hydrogen) atoms. The summed E-state index contributed by atoms with van der Waals surface area (Å²) in [6.45, 7) is 40.0. The molecule has 13 aromatic rings. The van der Waals surface area contributed by atoms with Crippen LogP contribution in [0.15, 0.2) is 364 Å². The van der Waals surface area contributed by atoms with Crippen molar-refractivity contribution in [2.75, 3.05) is 0 Å². The molecule has 0 unspecified atom stereocenters. The summed E-state index contributed by atoms with van der Waals surface area (Å²) in [6.07, 6.45) is 1.03. The molecular weight excluding hydrogens is 1280 g/mol. The van der Waals surface area contributed by atoms with Crippen molar-refractivity contribution in [2.45, 2.75) is 195 Å². The third-order valence-electron chi connectivity index (χ3n) is 13.8. The molecule has 0 aromatic heterocycles. The molecule has 1 aliphatic carbocycles. The first-order chi connectivity index (χ1) is 49.7. The minimum Gasteiger partial charge on any atom is -0.457 e. The molecule has 0 spiro atoms. The van der Waals surface area contributed by atoms with Crippen molar-refractivity contribution in [1.29, 1.82) is 0 Å². The third-order valence-corrected chi connectivity index (χ3v) is 13.8. The topological polar surface area (TPSA) is 18.5 Å². The molecule has 0 radical (unpaired) electrons. The second kappa shape index (κ2) is 73.0. The maximum atomic E-state index is 5.73. The van der Waals surface area contributed by atoms with E-state index in [1.54, 1.807) is 0 Å². The van der Waals surface area contributed by atoms with Crippen molar-refractivity contribution in [3.05, 3.63) is 397 Å². The Balaban J connectivity index is -0.000000220. The minimum absolute atomic E-state index is 0. The Morgan fingerprint density at radius 3 is 0.632 bits per heavy atom. The number of para-hydroxylation sites is 2. The molecule has 0 saturated carbocycles. The van der Waals surface area contributed by atoms with Crippen LogP contribution in [0.1, 0.15) is 216 Å². The summed E-state index contributed by atoms with van der Waals surface area (Å²) in [6, 6.07) is 125. The van der Waals surface area contributed by atoms with Crippen molar-refractivity contribution < 1.29 is 9.47 Å². The van der Waals surface area contributed by atoms with Gasteiger partial charge in [-0.05, 0) is 121 Å². The van der Waals surface area contributed by atoms with Gasteiger partial charge in [-0.25, -0.2) is 0 Å². The summed E-state index contributed by atoms with van der Waals surface area (Å²) in [7, 11) is 0. The molecule has 0 aliphatic heterocycles. The molecule has 0 atom stereocenters. The molecule has 0 saturated heterocycles. The monoisotopic (exact) mass is 1430 g/mol. The number of rotatable bonds is 9. The van der Waals surface area contributed by atoms with Gasteiger partial charge in [-0.15, -0.1) is 0 Å². The fourth-order valence-corrected chi connectivity index (χ4v) is 10.0. The number of fused-ring (bicyclic) bond motifs is 4. The van der Waals surface area contributed by atoms with E-state index in [0.29, 0.717) is 0 Å². The first-order valence-corrected chi connectivity index (χ1v) is 37.2. The molecule has 0 heterocycles. The Morgan fingerprint density at radius 2 is 0.377 bits per heavy atom. The standard InChI is InChI=1S/C25H18.C18H14O2.C13H12.C12H10.C10H8.10C2H6.6CH4/c1-3-11-19(12-4-1)25(20-13-5-2-6-14-20)23-17-9-7-15-21(23)22-16-8-10-18-24(22)25;1-3-7-15(8-4-1)19-17-11-13-18(14-12-17)20-16-9-5-2-6-10-16;1-3-7-12(8-4-1)11-13-9-5-2-6-10-13;1-3-7-11(8-4-1)12-9-5-2-6-10-12;1-2-6-10-8-4-3-7-9(10)5-1;10*1-2;;;;;;/h1-18H;1-14H;1-10H,11H2;1-10H;1-8H;10*1-2H3;6*1H4. The van der Waals surface area contributed by atoms with E-state index in [1.165, 1.54) is 66.4 Å². The highest BCUT2D eigenvalue weighted by atomic mass is 16.5. The van der Waals surface area contributed by atoms with Gasteiger partial charge in [0, 0.05) is 0 Å². The lowest BCUT2D eigenvalue weighted by molar-refractivity contribution is 0.469. The van der Waals surface area contributed by atoms with Crippen LogP contribution in [0.2, 0.25) is 0 Å². The fraction of sp³-hybridized carbons (Fsp3) is 0.269. The van der Waals surface area contributed by atoms with Crippen LogP contribution in [0.4, 0.5) is 0 Å². The molecule has 2 nitrogen and oxygen atoms in total. The highest BCUT2D eigenvalue weighted by Gasteiger charge is 2.45. The van der Waals surface area contributed by atoms with E-state index in [4.69, 9.17) is 9.47 Å². The molecule has 0 amide bonds. The highest BCUT2D eigenvalue weighted by Crippen LogP contribution is 2.55. The summed E-state index contributed by atoms with van der Waals surface area (Å²) < 4.78 is 11.5. The second-order valence-electron chi connectivity index (χ2n) is 19.1. The Hall–Kier alpha value is -10.3. The summed E-state index contributed by atoms with van der Waals surface area (Å²) in [4.78, 5) is 0. The van der Waals surface area contributed by atoms with Crippen molar-refractivity contribution >= 4 is 10.8 Å². The van der Waals surface area contributed by atoms with Crippen LogP contribution in [0, 0.1) is 0 Å². The van der Waals surface area contributed by atoms with Crippen molar-refractivity contribution in [2.24, 2.45) is 0 Å².